The lowest BCUT2D eigenvalue weighted by Crippen LogP contribution is -2.25. The Morgan fingerprint density at radius 1 is 1.40 bits per heavy atom. The largest absolute Gasteiger partial charge is 0.295 e. The molecular weight excluding hydrogens is 155 g/mol. The standard InChI is InChI=1S/C7H10ClFO/c8-7(9)5-3-1-2-4-6(7)10/h1-5H2. The SMILES string of the molecule is O=C1CCCCCC1(F)Cl. The Morgan fingerprint density at radius 2 is 2.10 bits per heavy atom. The topological polar surface area (TPSA) is 17.1 Å². The molecule has 3 heteroatoms. The second-order valence-electron chi connectivity index (χ2n) is 2.69. The van der Waals surface area contributed by atoms with E-state index in [1.807, 2.05) is 0 Å². The fourth-order valence-electron chi connectivity index (χ4n) is 1.13. The molecule has 1 atom stereocenters. The van der Waals surface area contributed by atoms with Crippen molar-refractivity contribution in [2.75, 3.05) is 0 Å². The molecule has 0 aromatic rings. The second kappa shape index (κ2) is 2.87. The Hall–Kier alpha value is -0.110. The molecule has 58 valence electrons. The molecule has 1 unspecified atom stereocenters. The average molecular weight is 165 g/mol. The van der Waals surface area contributed by atoms with Crippen LogP contribution in [-0.4, -0.2) is 10.9 Å². The van der Waals surface area contributed by atoms with Crippen LogP contribution in [0.2, 0.25) is 0 Å². The minimum absolute atomic E-state index is 0.188. The summed E-state index contributed by atoms with van der Waals surface area (Å²) in [5, 5.41) is -2.05. The molecule has 1 aliphatic carbocycles. The van der Waals surface area contributed by atoms with Crippen molar-refractivity contribution in [1.29, 1.82) is 0 Å². The summed E-state index contributed by atoms with van der Waals surface area (Å²) in [6.45, 7) is 0. The van der Waals surface area contributed by atoms with Gasteiger partial charge in [0.15, 0.2) is 5.78 Å². The quantitative estimate of drug-likeness (QED) is 0.397. The summed E-state index contributed by atoms with van der Waals surface area (Å²) in [6.07, 6.45) is 2.93. The number of halogens is 2. The number of hydrogen-bond donors (Lipinski definition) is 0. The first-order valence-electron chi connectivity index (χ1n) is 3.54. The van der Waals surface area contributed by atoms with Crippen LogP contribution in [0.5, 0.6) is 0 Å². The van der Waals surface area contributed by atoms with Gasteiger partial charge in [-0.3, -0.25) is 4.79 Å². The van der Waals surface area contributed by atoms with Crippen LogP contribution in [0, 0.1) is 0 Å². The van der Waals surface area contributed by atoms with Crippen LogP contribution < -0.4 is 0 Å². The molecule has 1 saturated carbocycles. The molecule has 0 aliphatic heterocycles. The van der Waals surface area contributed by atoms with E-state index < -0.39 is 10.9 Å². The predicted molar refractivity (Wildman–Crippen MR) is 37.8 cm³/mol. The summed E-state index contributed by atoms with van der Waals surface area (Å²) < 4.78 is 12.9. The van der Waals surface area contributed by atoms with Crippen LogP contribution in [0.3, 0.4) is 0 Å². The molecular formula is C7H10ClFO. The van der Waals surface area contributed by atoms with Crippen LogP contribution >= 0.6 is 11.6 Å². The maximum absolute atomic E-state index is 12.9. The summed E-state index contributed by atoms with van der Waals surface area (Å²) >= 11 is 5.31. The van der Waals surface area contributed by atoms with Gasteiger partial charge in [-0.15, -0.1) is 0 Å². The van der Waals surface area contributed by atoms with Crippen LogP contribution in [-0.2, 0) is 4.79 Å². The van der Waals surface area contributed by atoms with Crippen molar-refractivity contribution in [3.05, 3.63) is 0 Å². The van der Waals surface area contributed by atoms with Gasteiger partial charge in [0.1, 0.15) is 0 Å². The van der Waals surface area contributed by atoms with Gasteiger partial charge in [-0.25, -0.2) is 4.39 Å². The molecule has 1 nitrogen and oxygen atoms in total. The molecule has 10 heavy (non-hydrogen) atoms. The molecule has 0 heterocycles. The fraction of sp³-hybridized carbons (Fsp3) is 0.857. The van der Waals surface area contributed by atoms with Gasteiger partial charge >= 0.3 is 0 Å². The molecule has 0 amide bonds. The van der Waals surface area contributed by atoms with Crippen LogP contribution in [0.4, 0.5) is 4.39 Å². The molecule has 0 N–H and O–H groups in total. The van der Waals surface area contributed by atoms with Gasteiger partial charge in [-0.1, -0.05) is 18.0 Å². The first-order valence-corrected chi connectivity index (χ1v) is 3.92. The molecule has 1 rings (SSSR count). The summed E-state index contributed by atoms with van der Waals surface area (Å²) in [7, 11) is 0. The first kappa shape index (κ1) is 7.99. The number of Topliss-reactive ketones (excluding diaryl/α,β-unsaturated/α-hetero) is 1. The smallest absolute Gasteiger partial charge is 0.241 e. The van der Waals surface area contributed by atoms with E-state index in [9.17, 15) is 9.18 Å². The van der Waals surface area contributed by atoms with Crippen molar-refractivity contribution in [3.63, 3.8) is 0 Å². The lowest BCUT2D eigenvalue weighted by molar-refractivity contribution is -0.125. The Morgan fingerprint density at radius 3 is 2.80 bits per heavy atom. The number of carbonyl (C=O) groups is 1. The monoisotopic (exact) mass is 164 g/mol. The summed E-state index contributed by atoms with van der Waals surface area (Å²) in [5.74, 6) is -0.438. The molecule has 0 spiro atoms. The minimum Gasteiger partial charge on any atom is -0.295 e. The van der Waals surface area contributed by atoms with Gasteiger partial charge in [-0.05, 0) is 12.8 Å². The Balaban J connectivity index is 2.61. The maximum atomic E-state index is 12.9. The van der Waals surface area contributed by atoms with Crippen molar-refractivity contribution in [2.24, 2.45) is 0 Å². The third-order valence-electron chi connectivity index (χ3n) is 1.80. The maximum Gasteiger partial charge on any atom is 0.241 e. The Kier molecular flexibility index (Phi) is 2.29. The van der Waals surface area contributed by atoms with Gasteiger partial charge in [0.05, 0.1) is 0 Å². The van der Waals surface area contributed by atoms with Crippen LogP contribution in [0.1, 0.15) is 32.1 Å². The number of carbonyl (C=O) groups excluding carboxylic acids is 1. The van der Waals surface area contributed by atoms with Gasteiger partial charge in [-0.2, -0.15) is 0 Å². The van der Waals surface area contributed by atoms with Gasteiger partial charge < -0.3 is 0 Å². The summed E-state index contributed by atoms with van der Waals surface area (Å²) in [4.78, 5) is 10.8. The molecule has 0 bridgehead atoms. The van der Waals surface area contributed by atoms with Crippen molar-refractivity contribution < 1.29 is 9.18 Å². The zero-order valence-electron chi connectivity index (χ0n) is 5.70. The number of rotatable bonds is 0. The molecule has 0 saturated heterocycles. The summed E-state index contributed by atoms with van der Waals surface area (Å²) in [5.41, 5.74) is 0. The average Bonchev–Trinajstić information content (AvgIpc) is 1.96. The highest BCUT2D eigenvalue weighted by atomic mass is 35.5. The summed E-state index contributed by atoms with van der Waals surface area (Å²) in [6, 6.07) is 0. The Bertz CT molecular complexity index is 145. The van der Waals surface area contributed by atoms with E-state index in [1.54, 1.807) is 0 Å². The predicted octanol–water partition coefficient (Wildman–Crippen LogP) is 2.42. The second-order valence-corrected chi connectivity index (χ2v) is 3.29. The van der Waals surface area contributed by atoms with Crippen LogP contribution in [0.15, 0.2) is 0 Å². The molecule has 0 aromatic heterocycles. The number of ketones is 1. The lowest BCUT2D eigenvalue weighted by atomic mass is 10.1. The fourth-order valence-corrected chi connectivity index (χ4v) is 1.36. The van der Waals surface area contributed by atoms with Crippen molar-refractivity contribution in [3.8, 4) is 0 Å². The van der Waals surface area contributed by atoms with E-state index in [0.29, 0.717) is 6.42 Å². The van der Waals surface area contributed by atoms with E-state index in [0.717, 1.165) is 19.3 Å². The number of hydrogen-bond acceptors (Lipinski definition) is 1. The first-order chi connectivity index (χ1) is 4.63. The van der Waals surface area contributed by atoms with Crippen molar-refractivity contribution in [2.45, 2.75) is 37.2 Å². The Labute approximate surface area is 64.6 Å². The zero-order valence-corrected chi connectivity index (χ0v) is 6.46. The molecule has 1 aliphatic rings. The van der Waals surface area contributed by atoms with E-state index in [2.05, 4.69) is 0 Å². The number of alkyl halides is 2. The van der Waals surface area contributed by atoms with E-state index in [1.165, 1.54) is 0 Å². The molecule has 1 fully saturated rings. The van der Waals surface area contributed by atoms with Gasteiger partial charge in [0.25, 0.3) is 0 Å². The highest BCUT2D eigenvalue weighted by molar-refractivity contribution is 6.33. The zero-order chi connectivity index (χ0) is 7.61. The highest BCUT2D eigenvalue weighted by Gasteiger charge is 2.35. The molecule has 0 radical (unpaired) electrons. The van der Waals surface area contributed by atoms with E-state index in [4.69, 9.17) is 11.6 Å². The van der Waals surface area contributed by atoms with Crippen molar-refractivity contribution in [1.82, 2.24) is 0 Å². The van der Waals surface area contributed by atoms with E-state index >= 15 is 0 Å². The third-order valence-corrected chi connectivity index (χ3v) is 2.20. The van der Waals surface area contributed by atoms with Crippen LogP contribution in [0.25, 0.3) is 0 Å². The minimum atomic E-state index is -2.05. The van der Waals surface area contributed by atoms with Crippen molar-refractivity contribution >= 4 is 17.4 Å². The third kappa shape index (κ3) is 1.69. The molecule has 0 aromatic carbocycles. The highest BCUT2D eigenvalue weighted by Crippen LogP contribution is 2.30. The van der Waals surface area contributed by atoms with Gasteiger partial charge in [0.2, 0.25) is 5.13 Å². The normalized spacial score (nSPS) is 35.6. The van der Waals surface area contributed by atoms with E-state index in [-0.39, 0.29) is 6.42 Å². The van der Waals surface area contributed by atoms with Gasteiger partial charge in [0, 0.05) is 12.8 Å². The lowest BCUT2D eigenvalue weighted by Gasteiger charge is -2.11.